The predicted octanol–water partition coefficient (Wildman–Crippen LogP) is 3.17. The molecule has 21 heavy (non-hydrogen) atoms. The van der Waals surface area contributed by atoms with Crippen LogP contribution in [0.15, 0.2) is 12.1 Å². The summed E-state index contributed by atoms with van der Waals surface area (Å²) in [6.45, 7) is 3.03. The van der Waals surface area contributed by atoms with Gasteiger partial charge in [-0.1, -0.05) is 13.3 Å². The lowest BCUT2D eigenvalue weighted by Crippen LogP contribution is -2.09. The smallest absolute Gasteiger partial charge is 0.157 e. The number of benzene rings is 1. The van der Waals surface area contributed by atoms with Crippen molar-refractivity contribution in [3.8, 4) is 11.5 Å². The molecular weight excluding hydrogens is 288 g/mol. The molecular formula is C16H24O4S. The normalized spacial score (nSPS) is 21.8. The highest BCUT2D eigenvalue weighted by molar-refractivity contribution is 7.99. The lowest BCUT2D eigenvalue weighted by molar-refractivity contribution is 0.0931. The van der Waals surface area contributed by atoms with Gasteiger partial charge in [-0.3, -0.25) is 0 Å². The van der Waals surface area contributed by atoms with Gasteiger partial charge in [0.25, 0.3) is 0 Å². The van der Waals surface area contributed by atoms with Crippen LogP contribution >= 0.6 is 11.8 Å². The van der Waals surface area contributed by atoms with Crippen LogP contribution < -0.4 is 0 Å². The second kappa shape index (κ2) is 7.92. The molecule has 118 valence electrons. The molecule has 1 aliphatic heterocycles. The SMILES string of the molecule is CCCC1CCSC(COCCO)c2cc(O)c(O)cc21. The fourth-order valence-electron chi connectivity index (χ4n) is 2.88. The zero-order valence-corrected chi connectivity index (χ0v) is 13.2. The summed E-state index contributed by atoms with van der Waals surface area (Å²) in [6.07, 6.45) is 3.26. The summed E-state index contributed by atoms with van der Waals surface area (Å²) in [5.41, 5.74) is 2.19. The highest BCUT2D eigenvalue weighted by Crippen LogP contribution is 2.45. The summed E-state index contributed by atoms with van der Waals surface area (Å²) >= 11 is 1.82. The third-order valence-electron chi connectivity index (χ3n) is 3.89. The van der Waals surface area contributed by atoms with Crippen molar-refractivity contribution < 1.29 is 20.1 Å². The van der Waals surface area contributed by atoms with Crippen LogP contribution in [0, 0.1) is 0 Å². The lowest BCUT2D eigenvalue weighted by atomic mass is 9.87. The van der Waals surface area contributed by atoms with Crippen molar-refractivity contribution >= 4 is 11.8 Å². The van der Waals surface area contributed by atoms with Crippen LogP contribution in [0.3, 0.4) is 0 Å². The number of hydrogen-bond acceptors (Lipinski definition) is 5. The second-order valence-electron chi connectivity index (χ2n) is 5.40. The highest BCUT2D eigenvalue weighted by Gasteiger charge is 2.26. The Labute approximate surface area is 130 Å². The number of rotatable bonds is 6. The fourth-order valence-corrected chi connectivity index (χ4v) is 4.16. The Morgan fingerprint density at radius 2 is 1.95 bits per heavy atom. The number of fused-ring (bicyclic) bond motifs is 1. The number of thioether (sulfide) groups is 1. The predicted molar refractivity (Wildman–Crippen MR) is 85.1 cm³/mol. The summed E-state index contributed by atoms with van der Waals surface area (Å²) in [6, 6.07) is 3.40. The maximum Gasteiger partial charge on any atom is 0.157 e. The Bertz CT molecular complexity index is 464. The minimum atomic E-state index is -0.0707. The molecule has 5 heteroatoms. The first-order chi connectivity index (χ1) is 10.2. The number of aliphatic hydroxyl groups excluding tert-OH is 1. The van der Waals surface area contributed by atoms with Gasteiger partial charge in [0.1, 0.15) is 0 Å². The maximum atomic E-state index is 9.83. The zero-order chi connectivity index (χ0) is 15.2. The topological polar surface area (TPSA) is 69.9 Å². The molecule has 2 rings (SSSR count). The molecule has 0 spiro atoms. The highest BCUT2D eigenvalue weighted by atomic mass is 32.2. The minimum absolute atomic E-state index is 0.0174. The van der Waals surface area contributed by atoms with Gasteiger partial charge in [0.05, 0.1) is 25.1 Å². The van der Waals surface area contributed by atoms with Gasteiger partial charge in [-0.15, -0.1) is 0 Å². The molecule has 2 unspecified atom stereocenters. The Balaban J connectivity index is 2.30. The van der Waals surface area contributed by atoms with Gasteiger partial charge in [-0.05, 0) is 47.8 Å². The molecule has 1 aromatic rings. The molecule has 0 saturated carbocycles. The van der Waals surface area contributed by atoms with Gasteiger partial charge in [0.2, 0.25) is 0 Å². The first-order valence-corrected chi connectivity index (χ1v) is 8.58. The standard InChI is InChI=1S/C16H24O4S/c1-2-3-11-4-7-21-16(10-20-6-5-17)13-9-15(19)14(18)8-12(11)13/h8-9,11,16-19H,2-7,10H2,1H3. The molecule has 0 bridgehead atoms. The van der Waals surface area contributed by atoms with Gasteiger partial charge in [0.15, 0.2) is 11.5 Å². The van der Waals surface area contributed by atoms with E-state index in [0.717, 1.165) is 36.1 Å². The number of ether oxygens (including phenoxy) is 1. The average molecular weight is 312 g/mol. The third kappa shape index (κ3) is 4.05. The molecule has 0 aromatic heterocycles. The molecule has 0 amide bonds. The molecule has 1 aliphatic rings. The summed E-state index contributed by atoms with van der Waals surface area (Å²) in [7, 11) is 0. The molecule has 4 nitrogen and oxygen atoms in total. The Morgan fingerprint density at radius 3 is 2.62 bits per heavy atom. The van der Waals surface area contributed by atoms with Crippen molar-refractivity contribution in [2.75, 3.05) is 25.6 Å². The van der Waals surface area contributed by atoms with Crippen LogP contribution in [-0.2, 0) is 4.74 Å². The Kier molecular flexibility index (Phi) is 6.21. The van der Waals surface area contributed by atoms with Crippen molar-refractivity contribution in [3.05, 3.63) is 23.3 Å². The van der Waals surface area contributed by atoms with Gasteiger partial charge < -0.3 is 20.1 Å². The number of phenols is 2. The number of hydrogen-bond donors (Lipinski definition) is 3. The Morgan fingerprint density at radius 1 is 1.24 bits per heavy atom. The van der Waals surface area contributed by atoms with E-state index in [0.29, 0.717) is 19.1 Å². The molecule has 0 radical (unpaired) electrons. The molecule has 0 saturated heterocycles. The van der Waals surface area contributed by atoms with Gasteiger partial charge >= 0.3 is 0 Å². The maximum absolute atomic E-state index is 9.83. The van der Waals surface area contributed by atoms with E-state index in [1.54, 1.807) is 12.1 Å². The van der Waals surface area contributed by atoms with Crippen molar-refractivity contribution in [3.63, 3.8) is 0 Å². The molecule has 0 fully saturated rings. The summed E-state index contributed by atoms with van der Waals surface area (Å²) in [4.78, 5) is 0. The summed E-state index contributed by atoms with van der Waals surface area (Å²) < 4.78 is 5.49. The van der Waals surface area contributed by atoms with E-state index in [1.165, 1.54) is 0 Å². The quantitative estimate of drug-likeness (QED) is 0.556. The van der Waals surface area contributed by atoms with Gasteiger partial charge in [-0.2, -0.15) is 11.8 Å². The van der Waals surface area contributed by atoms with Crippen molar-refractivity contribution in [2.45, 2.75) is 37.4 Å². The van der Waals surface area contributed by atoms with Crippen LogP contribution in [0.25, 0.3) is 0 Å². The summed E-state index contributed by atoms with van der Waals surface area (Å²) in [5.74, 6) is 1.34. The van der Waals surface area contributed by atoms with E-state index < -0.39 is 0 Å². The van der Waals surface area contributed by atoms with Crippen LogP contribution in [0.4, 0.5) is 0 Å². The van der Waals surface area contributed by atoms with E-state index in [-0.39, 0.29) is 23.4 Å². The van der Waals surface area contributed by atoms with E-state index >= 15 is 0 Å². The zero-order valence-electron chi connectivity index (χ0n) is 12.4. The van der Waals surface area contributed by atoms with Crippen molar-refractivity contribution in [1.82, 2.24) is 0 Å². The number of phenolic OH excluding ortho intramolecular Hbond substituents is 2. The van der Waals surface area contributed by atoms with Crippen LogP contribution in [-0.4, -0.2) is 40.9 Å². The van der Waals surface area contributed by atoms with Crippen molar-refractivity contribution in [2.24, 2.45) is 0 Å². The van der Waals surface area contributed by atoms with Crippen molar-refractivity contribution in [1.29, 1.82) is 0 Å². The van der Waals surface area contributed by atoms with Crippen LogP contribution in [0.1, 0.15) is 48.5 Å². The third-order valence-corrected chi connectivity index (χ3v) is 5.16. The van der Waals surface area contributed by atoms with E-state index in [4.69, 9.17) is 9.84 Å². The molecule has 0 aliphatic carbocycles. The summed E-state index contributed by atoms with van der Waals surface area (Å²) in [5, 5.41) is 28.6. The average Bonchev–Trinajstić information content (AvgIpc) is 2.62. The monoisotopic (exact) mass is 312 g/mol. The second-order valence-corrected chi connectivity index (χ2v) is 6.71. The largest absolute Gasteiger partial charge is 0.504 e. The molecule has 1 aromatic carbocycles. The minimum Gasteiger partial charge on any atom is -0.504 e. The van der Waals surface area contributed by atoms with Gasteiger partial charge in [-0.25, -0.2) is 0 Å². The van der Waals surface area contributed by atoms with Crippen LogP contribution in [0.2, 0.25) is 0 Å². The number of aliphatic hydroxyl groups is 1. The van der Waals surface area contributed by atoms with E-state index in [2.05, 4.69) is 6.92 Å². The van der Waals surface area contributed by atoms with Gasteiger partial charge in [0, 0.05) is 0 Å². The lowest BCUT2D eigenvalue weighted by Gasteiger charge is -2.21. The Hall–Kier alpha value is -0.910. The fraction of sp³-hybridized carbons (Fsp3) is 0.625. The molecule has 2 atom stereocenters. The molecule has 1 heterocycles. The first-order valence-electron chi connectivity index (χ1n) is 7.53. The van der Waals surface area contributed by atoms with Crippen LogP contribution in [0.5, 0.6) is 11.5 Å². The number of aromatic hydroxyl groups is 2. The van der Waals surface area contributed by atoms with E-state index in [1.807, 2.05) is 11.8 Å². The molecule has 3 N–H and O–H groups in total. The first kappa shape index (κ1) is 16.5. The van der Waals surface area contributed by atoms with E-state index in [9.17, 15) is 10.2 Å².